The van der Waals surface area contributed by atoms with E-state index in [4.69, 9.17) is 5.11 Å². The summed E-state index contributed by atoms with van der Waals surface area (Å²) in [5.74, 6) is -1.12. The molecule has 6 heteroatoms. The first-order chi connectivity index (χ1) is 5.61. The zero-order chi connectivity index (χ0) is 9.14. The van der Waals surface area contributed by atoms with Crippen LogP contribution in [0.4, 0.5) is 8.78 Å². The Labute approximate surface area is 67.7 Å². The Hall–Kier alpha value is -0.750. The van der Waals surface area contributed by atoms with Gasteiger partial charge in [0.2, 0.25) is 0 Å². The molecule has 1 unspecified atom stereocenters. The lowest BCUT2D eigenvalue weighted by atomic mass is 10.2. The highest BCUT2D eigenvalue weighted by atomic mass is 19.3. The van der Waals surface area contributed by atoms with Gasteiger partial charge in [0, 0.05) is 6.54 Å². The number of hydrogen-bond donors (Lipinski definition) is 1. The highest BCUT2D eigenvalue weighted by molar-refractivity contribution is 5.73. The molecule has 0 bridgehead atoms. The molecule has 0 aromatic carbocycles. The van der Waals surface area contributed by atoms with Crippen molar-refractivity contribution < 1.29 is 23.5 Å². The Morgan fingerprint density at radius 1 is 1.67 bits per heavy atom. The molecule has 0 saturated carbocycles. The van der Waals surface area contributed by atoms with Crippen molar-refractivity contribution in [3.8, 4) is 0 Å². The molecule has 1 saturated heterocycles. The number of nitrogens with zero attached hydrogens (tertiary/aromatic N) is 1. The van der Waals surface area contributed by atoms with Gasteiger partial charge in [-0.05, 0) is 12.8 Å². The third-order valence-electron chi connectivity index (χ3n) is 1.70. The van der Waals surface area contributed by atoms with E-state index >= 15 is 0 Å². The predicted molar refractivity (Wildman–Crippen MR) is 34.5 cm³/mol. The molecule has 12 heavy (non-hydrogen) atoms. The van der Waals surface area contributed by atoms with Gasteiger partial charge in [-0.1, -0.05) is 0 Å². The van der Waals surface area contributed by atoms with E-state index in [2.05, 4.69) is 4.84 Å². The topological polar surface area (TPSA) is 49.8 Å². The van der Waals surface area contributed by atoms with Crippen molar-refractivity contribution >= 4 is 5.97 Å². The summed E-state index contributed by atoms with van der Waals surface area (Å²) in [4.78, 5) is 14.4. The van der Waals surface area contributed by atoms with E-state index in [1.54, 1.807) is 0 Å². The summed E-state index contributed by atoms with van der Waals surface area (Å²) >= 11 is 0. The van der Waals surface area contributed by atoms with Crippen LogP contribution in [-0.2, 0) is 9.63 Å². The molecule has 0 radical (unpaired) electrons. The second-order valence-corrected chi connectivity index (χ2v) is 2.50. The number of carboxylic acids is 1. The zero-order valence-corrected chi connectivity index (χ0v) is 6.24. The lowest BCUT2D eigenvalue weighted by Gasteiger charge is -2.19. The minimum absolute atomic E-state index is 0.251. The predicted octanol–water partition coefficient (Wildman–Crippen LogP) is 0.690. The van der Waals surface area contributed by atoms with Crippen molar-refractivity contribution in [3.05, 3.63) is 0 Å². The van der Waals surface area contributed by atoms with Gasteiger partial charge >= 0.3 is 12.6 Å². The van der Waals surface area contributed by atoms with Crippen LogP contribution in [0.2, 0.25) is 0 Å². The second-order valence-electron chi connectivity index (χ2n) is 2.50. The van der Waals surface area contributed by atoms with E-state index < -0.39 is 18.6 Å². The van der Waals surface area contributed by atoms with Crippen LogP contribution in [0.3, 0.4) is 0 Å². The van der Waals surface area contributed by atoms with Crippen molar-refractivity contribution in [3.63, 3.8) is 0 Å². The molecule has 0 aromatic heterocycles. The molecule has 1 N–H and O–H groups in total. The Kier molecular flexibility index (Phi) is 2.93. The maximum Gasteiger partial charge on any atom is 0.360 e. The van der Waals surface area contributed by atoms with Gasteiger partial charge in [-0.15, -0.1) is 0 Å². The molecule has 0 spiro atoms. The number of aliphatic carboxylic acids is 1. The van der Waals surface area contributed by atoms with E-state index in [-0.39, 0.29) is 6.54 Å². The molecular weight excluding hydrogens is 172 g/mol. The van der Waals surface area contributed by atoms with Crippen molar-refractivity contribution in [1.29, 1.82) is 0 Å². The van der Waals surface area contributed by atoms with Crippen molar-refractivity contribution in [1.82, 2.24) is 5.06 Å². The zero-order valence-electron chi connectivity index (χ0n) is 6.24. The molecule has 1 aliphatic rings. The van der Waals surface area contributed by atoms with Crippen molar-refractivity contribution in [2.75, 3.05) is 6.54 Å². The van der Waals surface area contributed by atoms with Gasteiger partial charge in [0.15, 0.2) is 0 Å². The van der Waals surface area contributed by atoms with Crippen LogP contribution in [0, 0.1) is 0 Å². The number of hydrogen-bond acceptors (Lipinski definition) is 3. The molecule has 1 atom stereocenters. The monoisotopic (exact) mass is 181 g/mol. The fourth-order valence-corrected chi connectivity index (χ4v) is 1.22. The molecular formula is C6H9F2NO3. The number of carbonyl (C=O) groups is 1. The third kappa shape index (κ3) is 2.12. The summed E-state index contributed by atoms with van der Waals surface area (Å²) in [7, 11) is 0. The molecule has 70 valence electrons. The summed E-state index contributed by atoms with van der Waals surface area (Å²) in [6, 6.07) is -0.918. The summed E-state index contributed by atoms with van der Waals surface area (Å²) in [5, 5.41) is 9.36. The van der Waals surface area contributed by atoms with Gasteiger partial charge < -0.3 is 5.11 Å². The quantitative estimate of drug-likeness (QED) is 0.695. The van der Waals surface area contributed by atoms with Crippen molar-refractivity contribution in [2.24, 2.45) is 0 Å². The number of hydroxylamine groups is 2. The SMILES string of the molecule is O=C(O)C1CCCN1OC(F)F. The van der Waals surface area contributed by atoms with E-state index in [0.717, 1.165) is 5.06 Å². The van der Waals surface area contributed by atoms with Crippen LogP contribution in [0.25, 0.3) is 0 Å². The first kappa shape index (κ1) is 9.34. The highest BCUT2D eigenvalue weighted by Crippen LogP contribution is 2.19. The molecule has 1 rings (SSSR count). The van der Waals surface area contributed by atoms with Gasteiger partial charge in [0.25, 0.3) is 0 Å². The summed E-state index contributed by atoms with van der Waals surface area (Å²) in [6.07, 6.45) is 0.936. The summed E-state index contributed by atoms with van der Waals surface area (Å²) in [5.41, 5.74) is 0. The molecule has 4 nitrogen and oxygen atoms in total. The van der Waals surface area contributed by atoms with Crippen LogP contribution in [0.5, 0.6) is 0 Å². The lowest BCUT2D eigenvalue weighted by Crippen LogP contribution is -2.37. The molecule has 1 aliphatic heterocycles. The first-order valence-electron chi connectivity index (χ1n) is 3.55. The van der Waals surface area contributed by atoms with Gasteiger partial charge in [-0.3, -0.25) is 4.79 Å². The van der Waals surface area contributed by atoms with Crippen LogP contribution < -0.4 is 0 Å². The summed E-state index contributed by atoms with van der Waals surface area (Å²) in [6.45, 7) is -2.69. The van der Waals surface area contributed by atoms with E-state index in [1.165, 1.54) is 0 Å². The van der Waals surface area contributed by atoms with Crippen LogP contribution in [0.15, 0.2) is 0 Å². The fourth-order valence-electron chi connectivity index (χ4n) is 1.22. The minimum Gasteiger partial charge on any atom is -0.480 e. The average molecular weight is 181 g/mol. The van der Waals surface area contributed by atoms with Crippen LogP contribution in [-0.4, -0.2) is 35.3 Å². The maximum absolute atomic E-state index is 11.7. The molecule has 1 heterocycles. The number of halogens is 2. The average Bonchev–Trinajstić information content (AvgIpc) is 2.33. The van der Waals surface area contributed by atoms with Gasteiger partial charge in [0.05, 0.1) is 0 Å². The fraction of sp³-hybridized carbons (Fsp3) is 0.833. The van der Waals surface area contributed by atoms with Crippen LogP contribution in [0.1, 0.15) is 12.8 Å². The van der Waals surface area contributed by atoms with Crippen LogP contribution >= 0.6 is 0 Å². The Morgan fingerprint density at radius 3 is 2.83 bits per heavy atom. The number of alkyl halides is 2. The Bertz CT molecular complexity index is 176. The van der Waals surface area contributed by atoms with E-state index in [0.29, 0.717) is 12.8 Å². The van der Waals surface area contributed by atoms with Gasteiger partial charge in [-0.2, -0.15) is 13.8 Å². The van der Waals surface area contributed by atoms with E-state index in [1.807, 2.05) is 0 Å². The van der Waals surface area contributed by atoms with E-state index in [9.17, 15) is 13.6 Å². The standard InChI is InChI=1S/C6H9F2NO3/c7-6(8)12-9-3-1-2-4(9)5(10)11/h4,6H,1-3H2,(H,10,11). The van der Waals surface area contributed by atoms with Crippen molar-refractivity contribution in [2.45, 2.75) is 25.5 Å². The lowest BCUT2D eigenvalue weighted by molar-refractivity contribution is -0.287. The Balaban J connectivity index is 2.46. The van der Waals surface area contributed by atoms with Gasteiger partial charge in [-0.25, -0.2) is 4.84 Å². The maximum atomic E-state index is 11.7. The van der Waals surface area contributed by atoms with Gasteiger partial charge in [0.1, 0.15) is 6.04 Å². The normalized spacial score (nSPS) is 25.1. The number of rotatable bonds is 3. The number of carboxylic acid groups (broad SMARTS) is 1. The third-order valence-corrected chi connectivity index (χ3v) is 1.70. The first-order valence-corrected chi connectivity index (χ1v) is 3.55. The molecule has 1 fully saturated rings. The minimum atomic E-state index is -2.94. The summed E-state index contributed by atoms with van der Waals surface area (Å²) < 4.78 is 23.3. The molecule has 0 aliphatic carbocycles. The largest absolute Gasteiger partial charge is 0.480 e. The smallest absolute Gasteiger partial charge is 0.360 e. The second kappa shape index (κ2) is 3.77. The highest BCUT2D eigenvalue weighted by Gasteiger charge is 2.33. The Morgan fingerprint density at radius 2 is 2.33 bits per heavy atom. The molecule has 0 amide bonds. The molecule has 0 aromatic rings.